The molecule has 3 aromatic rings. The molecular weight excluding hydrogens is 336 g/mol. The number of hydrogen-bond donors (Lipinski definition) is 1. The van der Waals surface area contributed by atoms with E-state index < -0.39 is 9.84 Å². The Kier molecular flexibility index (Phi) is 4.76. The number of rotatable bonds is 5. The molecule has 0 amide bonds. The molecule has 0 aliphatic carbocycles. The lowest BCUT2D eigenvalue weighted by molar-refractivity contribution is 0.602. The van der Waals surface area contributed by atoms with Gasteiger partial charge in [0.2, 0.25) is 0 Å². The van der Waals surface area contributed by atoms with Gasteiger partial charge in [0.1, 0.15) is 5.82 Å². The van der Waals surface area contributed by atoms with Crippen molar-refractivity contribution in [1.82, 2.24) is 15.0 Å². The predicted octanol–water partition coefficient (Wildman–Crippen LogP) is 2.86. The molecule has 0 saturated heterocycles. The standard InChI is InChI=1S/C18H18N4O2S/c1-13-3-6-15(20-9-13)10-21-18-12-19-11-17(22-18)14-4-7-16(8-5-14)25(2,23)24/h3-9,11-12H,10H2,1-2H3,(H,21,22). The minimum atomic E-state index is -3.21. The maximum Gasteiger partial charge on any atom is 0.175 e. The minimum absolute atomic E-state index is 0.281. The van der Waals surface area contributed by atoms with Gasteiger partial charge in [-0.1, -0.05) is 18.2 Å². The van der Waals surface area contributed by atoms with Crippen LogP contribution in [-0.4, -0.2) is 29.6 Å². The molecule has 0 aliphatic heterocycles. The second-order valence-corrected chi connectivity index (χ2v) is 7.78. The van der Waals surface area contributed by atoms with E-state index in [-0.39, 0.29) is 4.90 Å². The minimum Gasteiger partial charge on any atom is -0.363 e. The fourth-order valence-corrected chi connectivity index (χ4v) is 2.88. The average molecular weight is 354 g/mol. The van der Waals surface area contributed by atoms with E-state index in [1.807, 2.05) is 25.3 Å². The molecule has 1 aromatic carbocycles. The summed E-state index contributed by atoms with van der Waals surface area (Å²) in [6, 6.07) is 10.6. The fraction of sp³-hybridized carbons (Fsp3) is 0.167. The van der Waals surface area contributed by atoms with Crippen molar-refractivity contribution >= 4 is 15.7 Å². The molecule has 0 unspecified atom stereocenters. The van der Waals surface area contributed by atoms with Crippen LogP contribution in [0.1, 0.15) is 11.3 Å². The van der Waals surface area contributed by atoms with E-state index in [2.05, 4.69) is 20.3 Å². The summed E-state index contributed by atoms with van der Waals surface area (Å²) in [5.41, 5.74) is 3.50. The summed E-state index contributed by atoms with van der Waals surface area (Å²) in [5, 5.41) is 3.19. The Balaban J connectivity index is 1.76. The molecule has 25 heavy (non-hydrogen) atoms. The lowest BCUT2D eigenvalue weighted by Crippen LogP contribution is -2.04. The van der Waals surface area contributed by atoms with Crippen LogP contribution in [0, 0.1) is 6.92 Å². The number of nitrogens with one attached hydrogen (secondary N) is 1. The van der Waals surface area contributed by atoms with Gasteiger partial charge in [0, 0.05) is 18.0 Å². The van der Waals surface area contributed by atoms with Crippen LogP contribution in [-0.2, 0) is 16.4 Å². The second kappa shape index (κ2) is 6.98. The number of aryl methyl sites for hydroxylation is 1. The number of nitrogens with zero attached hydrogens (tertiary/aromatic N) is 3. The average Bonchev–Trinajstić information content (AvgIpc) is 2.61. The largest absolute Gasteiger partial charge is 0.363 e. The summed E-state index contributed by atoms with van der Waals surface area (Å²) in [5.74, 6) is 0.632. The number of aromatic nitrogens is 3. The first-order valence-corrected chi connectivity index (χ1v) is 9.59. The van der Waals surface area contributed by atoms with Gasteiger partial charge in [-0.15, -0.1) is 0 Å². The summed E-state index contributed by atoms with van der Waals surface area (Å²) in [6.45, 7) is 2.54. The van der Waals surface area contributed by atoms with E-state index >= 15 is 0 Å². The van der Waals surface area contributed by atoms with Gasteiger partial charge >= 0.3 is 0 Å². The highest BCUT2D eigenvalue weighted by molar-refractivity contribution is 7.90. The highest BCUT2D eigenvalue weighted by Gasteiger charge is 2.08. The predicted molar refractivity (Wildman–Crippen MR) is 96.9 cm³/mol. The number of anilines is 1. The normalized spacial score (nSPS) is 11.3. The Morgan fingerprint density at radius 3 is 2.40 bits per heavy atom. The highest BCUT2D eigenvalue weighted by atomic mass is 32.2. The molecule has 2 heterocycles. The number of pyridine rings is 1. The van der Waals surface area contributed by atoms with Crippen molar-refractivity contribution in [2.75, 3.05) is 11.6 Å². The molecule has 3 rings (SSSR count). The first kappa shape index (κ1) is 17.0. The topological polar surface area (TPSA) is 84.8 Å². The number of benzene rings is 1. The van der Waals surface area contributed by atoms with E-state index in [9.17, 15) is 8.42 Å². The Morgan fingerprint density at radius 1 is 1.00 bits per heavy atom. The first-order valence-electron chi connectivity index (χ1n) is 7.70. The molecule has 0 atom stereocenters. The molecule has 2 aromatic heterocycles. The summed E-state index contributed by atoms with van der Waals surface area (Å²) in [4.78, 5) is 13.3. The van der Waals surface area contributed by atoms with Crippen LogP contribution in [0.3, 0.4) is 0 Å². The SMILES string of the molecule is Cc1ccc(CNc2cncc(-c3ccc(S(C)(=O)=O)cc3)n2)nc1. The lowest BCUT2D eigenvalue weighted by atomic mass is 10.2. The molecule has 6 nitrogen and oxygen atoms in total. The van der Waals surface area contributed by atoms with Gasteiger partial charge in [-0.3, -0.25) is 9.97 Å². The van der Waals surface area contributed by atoms with Crippen molar-refractivity contribution in [2.45, 2.75) is 18.4 Å². The molecule has 1 N–H and O–H groups in total. The third-order valence-electron chi connectivity index (χ3n) is 3.64. The van der Waals surface area contributed by atoms with Crippen LogP contribution in [0.2, 0.25) is 0 Å². The quantitative estimate of drug-likeness (QED) is 0.758. The Bertz CT molecular complexity index is 969. The zero-order chi connectivity index (χ0) is 17.9. The Morgan fingerprint density at radius 2 is 1.76 bits per heavy atom. The van der Waals surface area contributed by atoms with Gasteiger partial charge in [0.25, 0.3) is 0 Å². The highest BCUT2D eigenvalue weighted by Crippen LogP contribution is 2.20. The van der Waals surface area contributed by atoms with Crippen LogP contribution >= 0.6 is 0 Å². The molecule has 128 valence electrons. The summed E-state index contributed by atoms with van der Waals surface area (Å²) in [7, 11) is -3.21. The Hall–Kier alpha value is -2.80. The molecule has 0 fully saturated rings. The zero-order valence-corrected chi connectivity index (χ0v) is 14.8. The van der Waals surface area contributed by atoms with Gasteiger partial charge in [-0.2, -0.15) is 0 Å². The molecule has 0 spiro atoms. The summed E-state index contributed by atoms with van der Waals surface area (Å²) >= 11 is 0. The van der Waals surface area contributed by atoms with Crippen LogP contribution in [0.15, 0.2) is 59.9 Å². The molecule has 0 bridgehead atoms. The van der Waals surface area contributed by atoms with E-state index in [1.165, 1.54) is 6.26 Å². The van der Waals surface area contributed by atoms with Crippen LogP contribution < -0.4 is 5.32 Å². The fourth-order valence-electron chi connectivity index (χ4n) is 2.25. The van der Waals surface area contributed by atoms with E-state index in [0.29, 0.717) is 18.1 Å². The third kappa shape index (κ3) is 4.39. The van der Waals surface area contributed by atoms with E-state index in [4.69, 9.17) is 0 Å². The second-order valence-electron chi connectivity index (χ2n) is 5.77. The summed E-state index contributed by atoms with van der Waals surface area (Å²) in [6.07, 6.45) is 6.29. The van der Waals surface area contributed by atoms with Crippen LogP contribution in [0.25, 0.3) is 11.3 Å². The van der Waals surface area contributed by atoms with Gasteiger partial charge in [-0.05, 0) is 30.7 Å². The van der Waals surface area contributed by atoms with Crippen LogP contribution in [0.4, 0.5) is 5.82 Å². The van der Waals surface area contributed by atoms with Crippen molar-refractivity contribution in [2.24, 2.45) is 0 Å². The first-order chi connectivity index (χ1) is 11.9. The number of sulfone groups is 1. The zero-order valence-electron chi connectivity index (χ0n) is 14.0. The Labute approximate surface area is 146 Å². The van der Waals surface area contributed by atoms with Crippen LogP contribution in [0.5, 0.6) is 0 Å². The molecule has 0 aliphatic rings. The molecule has 0 radical (unpaired) electrons. The van der Waals surface area contributed by atoms with Gasteiger partial charge in [0.05, 0.1) is 35.2 Å². The van der Waals surface area contributed by atoms with E-state index in [0.717, 1.165) is 16.8 Å². The summed E-state index contributed by atoms with van der Waals surface area (Å²) < 4.78 is 23.1. The van der Waals surface area contributed by atoms with Crippen molar-refractivity contribution in [3.8, 4) is 11.3 Å². The third-order valence-corrected chi connectivity index (χ3v) is 4.76. The molecular formula is C18H18N4O2S. The number of hydrogen-bond acceptors (Lipinski definition) is 6. The monoisotopic (exact) mass is 354 g/mol. The molecule has 0 saturated carbocycles. The van der Waals surface area contributed by atoms with Gasteiger partial charge in [-0.25, -0.2) is 13.4 Å². The smallest absolute Gasteiger partial charge is 0.175 e. The van der Waals surface area contributed by atoms with Crippen molar-refractivity contribution in [3.63, 3.8) is 0 Å². The molecule has 7 heteroatoms. The van der Waals surface area contributed by atoms with Crippen molar-refractivity contribution in [1.29, 1.82) is 0 Å². The van der Waals surface area contributed by atoms with E-state index in [1.54, 1.807) is 36.7 Å². The van der Waals surface area contributed by atoms with Gasteiger partial charge in [0.15, 0.2) is 9.84 Å². The maximum absolute atomic E-state index is 11.5. The van der Waals surface area contributed by atoms with Crippen molar-refractivity contribution in [3.05, 3.63) is 66.2 Å². The lowest BCUT2D eigenvalue weighted by Gasteiger charge is -2.07. The maximum atomic E-state index is 11.5. The van der Waals surface area contributed by atoms with Gasteiger partial charge < -0.3 is 5.32 Å². The van der Waals surface area contributed by atoms with Crippen molar-refractivity contribution < 1.29 is 8.42 Å².